The van der Waals surface area contributed by atoms with Gasteiger partial charge in [0.15, 0.2) is 5.11 Å². The van der Waals surface area contributed by atoms with Crippen molar-refractivity contribution in [3.8, 4) is 11.3 Å². The Labute approximate surface area is 199 Å². The molecule has 1 fully saturated rings. The number of aryl methyl sites for hydroxylation is 1. The van der Waals surface area contributed by atoms with Crippen molar-refractivity contribution in [2.24, 2.45) is 0 Å². The standard InChI is InChI=1S/C25H28N4O3S/c1-16-15-17(24(30)31)8-9-18(16)20-10-11-21(32-20)23-22(19-7-4-5-12-26-19)27-25(33)29(23)14-6-13-28(2)3/h4-5,7-12,15,22-23H,6,13-14H2,1-3H3,(H,27,33)(H,30,31)/t22-,23+/m0/s1. The lowest BCUT2D eigenvalue weighted by atomic mass is 10.0. The first-order chi connectivity index (χ1) is 15.8. The number of carbonyl (C=O) groups is 1. The maximum atomic E-state index is 11.3. The SMILES string of the molecule is Cc1cc(C(=O)O)ccc1-c1ccc([C@@H]2[C@H](c3ccccn3)NC(=S)N2CCCN(C)C)o1. The summed E-state index contributed by atoms with van der Waals surface area (Å²) in [7, 11) is 4.12. The summed E-state index contributed by atoms with van der Waals surface area (Å²) in [5, 5.41) is 13.4. The summed E-state index contributed by atoms with van der Waals surface area (Å²) in [6, 6.07) is 14.6. The number of benzene rings is 1. The van der Waals surface area contributed by atoms with E-state index in [0.29, 0.717) is 10.9 Å². The molecule has 172 valence electrons. The van der Waals surface area contributed by atoms with E-state index in [0.717, 1.165) is 42.1 Å². The maximum absolute atomic E-state index is 11.3. The molecule has 0 aliphatic carbocycles. The van der Waals surface area contributed by atoms with Gasteiger partial charge in [-0.15, -0.1) is 0 Å². The number of carboxylic acids is 1. The first kappa shape index (κ1) is 22.9. The van der Waals surface area contributed by atoms with Crippen molar-refractivity contribution in [2.75, 3.05) is 27.2 Å². The molecular weight excluding hydrogens is 436 g/mol. The van der Waals surface area contributed by atoms with E-state index in [1.165, 1.54) is 0 Å². The van der Waals surface area contributed by atoms with Crippen LogP contribution in [0.1, 0.15) is 45.9 Å². The fraction of sp³-hybridized carbons (Fsp3) is 0.320. The van der Waals surface area contributed by atoms with Crippen molar-refractivity contribution >= 4 is 23.3 Å². The van der Waals surface area contributed by atoms with Crippen LogP contribution in [0.15, 0.2) is 59.1 Å². The highest BCUT2D eigenvalue weighted by Gasteiger charge is 2.41. The Morgan fingerprint density at radius 2 is 2.06 bits per heavy atom. The third kappa shape index (κ3) is 4.91. The molecule has 2 atom stereocenters. The van der Waals surface area contributed by atoms with Gasteiger partial charge >= 0.3 is 5.97 Å². The minimum absolute atomic E-state index is 0.132. The lowest BCUT2D eigenvalue weighted by Crippen LogP contribution is -2.32. The Kier molecular flexibility index (Phi) is 6.76. The lowest BCUT2D eigenvalue weighted by Gasteiger charge is -2.26. The summed E-state index contributed by atoms with van der Waals surface area (Å²) in [4.78, 5) is 20.2. The highest BCUT2D eigenvalue weighted by molar-refractivity contribution is 7.80. The third-order valence-electron chi connectivity index (χ3n) is 5.86. The van der Waals surface area contributed by atoms with Crippen LogP contribution in [0.5, 0.6) is 0 Å². The molecule has 0 unspecified atom stereocenters. The van der Waals surface area contributed by atoms with Crippen LogP contribution >= 0.6 is 12.2 Å². The van der Waals surface area contributed by atoms with Gasteiger partial charge in [-0.2, -0.15) is 0 Å². The molecule has 1 aromatic carbocycles. The van der Waals surface area contributed by atoms with Crippen LogP contribution in [0.3, 0.4) is 0 Å². The Bertz CT molecular complexity index is 1150. The predicted molar refractivity (Wildman–Crippen MR) is 131 cm³/mol. The number of carboxylic acid groups (broad SMARTS) is 1. The van der Waals surface area contributed by atoms with Crippen LogP contribution < -0.4 is 5.32 Å². The average Bonchev–Trinajstić information content (AvgIpc) is 3.39. The van der Waals surface area contributed by atoms with Crippen LogP contribution in [0.25, 0.3) is 11.3 Å². The number of furan rings is 1. The Balaban J connectivity index is 1.68. The molecule has 1 aliphatic rings. The van der Waals surface area contributed by atoms with E-state index in [1.54, 1.807) is 24.4 Å². The van der Waals surface area contributed by atoms with Crippen molar-refractivity contribution in [3.05, 3.63) is 77.3 Å². The van der Waals surface area contributed by atoms with Gasteiger partial charge < -0.3 is 24.6 Å². The van der Waals surface area contributed by atoms with Crippen LogP contribution in [0, 0.1) is 6.92 Å². The molecule has 8 heteroatoms. The van der Waals surface area contributed by atoms with E-state index >= 15 is 0 Å². The van der Waals surface area contributed by atoms with E-state index in [9.17, 15) is 9.90 Å². The van der Waals surface area contributed by atoms with Crippen LogP contribution in [0.4, 0.5) is 0 Å². The zero-order valence-corrected chi connectivity index (χ0v) is 19.8. The summed E-state index contributed by atoms with van der Waals surface area (Å²) in [5.74, 6) is 0.548. The number of hydrogen-bond donors (Lipinski definition) is 2. The maximum Gasteiger partial charge on any atom is 0.335 e. The molecular formula is C25H28N4O3S. The smallest absolute Gasteiger partial charge is 0.335 e. The highest BCUT2D eigenvalue weighted by Crippen LogP contribution is 2.40. The van der Waals surface area contributed by atoms with Gasteiger partial charge in [0.05, 0.1) is 17.3 Å². The van der Waals surface area contributed by atoms with Crippen LogP contribution in [-0.4, -0.2) is 58.2 Å². The highest BCUT2D eigenvalue weighted by atomic mass is 32.1. The molecule has 1 aliphatic heterocycles. The van der Waals surface area contributed by atoms with Gasteiger partial charge in [0.2, 0.25) is 0 Å². The van der Waals surface area contributed by atoms with Gasteiger partial charge in [0.1, 0.15) is 17.6 Å². The predicted octanol–water partition coefficient (Wildman–Crippen LogP) is 4.27. The Morgan fingerprint density at radius 3 is 2.73 bits per heavy atom. The number of aromatic nitrogens is 1. The Morgan fingerprint density at radius 1 is 1.24 bits per heavy atom. The van der Waals surface area contributed by atoms with E-state index in [1.807, 2.05) is 37.3 Å². The van der Waals surface area contributed by atoms with E-state index in [2.05, 4.69) is 34.2 Å². The summed E-state index contributed by atoms with van der Waals surface area (Å²) < 4.78 is 6.37. The van der Waals surface area contributed by atoms with Gasteiger partial charge in [-0.25, -0.2) is 4.79 Å². The second-order valence-corrected chi connectivity index (χ2v) is 8.90. The lowest BCUT2D eigenvalue weighted by molar-refractivity contribution is 0.0697. The van der Waals surface area contributed by atoms with Gasteiger partial charge in [-0.05, 0) is 88.2 Å². The number of thiocarbonyl (C=S) groups is 1. The first-order valence-corrected chi connectivity index (χ1v) is 11.3. The molecule has 4 rings (SSSR count). The van der Waals surface area contributed by atoms with Gasteiger partial charge in [0.25, 0.3) is 0 Å². The number of nitrogens with one attached hydrogen (secondary N) is 1. The molecule has 2 aromatic heterocycles. The average molecular weight is 465 g/mol. The minimum Gasteiger partial charge on any atom is -0.478 e. The molecule has 0 amide bonds. The van der Waals surface area contributed by atoms with Crippen molar-refractivity contribution in [3.63, 3.8) is 0 Å². The van der Waals surface area contributed by atoms with Crippen molar-refractivity contribution < 1.29 is 14.3 Å². The number of hydrogen-bond acceptors (Lipinski definition) is 5. The number of rotatable bonds is 8. The summed E-state index contributed by atoms with van der Waals surface area (Å²) in [6.45, 7) is 3.64. The molecule has 0 bridgehead atoms. The zero-order valence-electron chi connectivity index (χ0n) is 19.0. The normalized spacial score (nSPS) is 18.1. The number of nitrogens with zero attached hydrogens (tertiary/aromatic N) is 3. The Hall–Kier alpha value is -3.23. The van der Waals surface area contributed by atoms with E-state index in [-0.39, 0.29) is 17.6 Å². The first-order valence-electron chi connectivity index (χ1n) is 10.9. The third-order valence-corrected chi connectivity index (χ3v) is 6.21. The van der Waals surface area contributed by atoms with Crippen LogP contribution in [-0.2, 0) is 0 Å². The summed E-state index contributed by atoms with van der Waals surface area (Å²) >= 11 is 5.71. The fourth-order valence-electron chi connectivity index (χ4n) is 4.24. The van der Waals surface area contributed by atoms with Gasteiger partial charge in [-0.3, -0.25) is 4.98 Å². The molecule has 2 N–H and O–H groups in total. The monoisotopic (exact) mass is 464 g/mol. The topological polar surface area (TPSA) is 81.8 Å². The summed E-state index contributed by atoms with van der Waals surface area (Å²) in [5.41, 5.74) is 2.88. The largest absolute Gasteiger partial charge is 0.478 e. The second-order valence-electron chi connectivity index (χ2n) is 8.51. The summed E-state index contributed by atoms with van der Waals surface area (Å²) in [6.07, 6.45) is 2.75. The van der Waals surface area contributed by atoms with Crippen molar-refractivity contribution in [2.45, 2.75) is 25.4 Å². The van der Waals surface area contributed by atoms with Gasteiger partial charge in [0, 0.05) is 18.3 Å². The zero-order chi connectivity index (χ0) is 23.5. The van der Waals surface area contributed by atoms with Crippen LogP contribution in [0.2, 0.25) is 0 Å². The number of pyridine rings is 1. The quantitative estimate of drug-likeness (QED) is 0.478. The van der Waals surface area contributed by atoms with Gasteiger partial charge in [-0.1, -0.05) is 12.1 Å². The van der Waals surface area contributed by atoms with Crippen molar-refractivity contribution in [1.29, 1.82) is 0 Å². The molecule has 33 heavy (non-hydrogen) atoms. The molecule has 0 saturated carbocycles. The van der Waals surface area contributed by atoms with E-state index in [4.69, 9.17) is 16.6 Å². The second kappa shape index (κ2) is 9.72. The molecule has 0 radical (unpaired) electrons. The number of aromatic carboxylic acids is 1. The molecule has 3 heterocycles. The molecule has 7 nitrogen and oxygen atoms in total. The molecule has 3 aromatic rings. The fourth-order valence-corrected chi connectivity index (χ4v) is 4.57. The molecule has 0 spiro atoms. The minimum atomic E-state index is -0.943. The van der Waals surface area contributed by atoms with E-state index < -0.39 is 5.97 Å². The molecule has 1 saturated heterocycles. The van der Waals surface area contributed by atoms with Crippen molar-refractivity contribution in [1.82, 2.24) is 20.1 Å².